The van der Waals surface area contributed by atoms with Crippen LogP contribution < -0.4 is 10.1 Å². The van der Waals surface area contributed by atoms with E-state index in [0.717, 1.165) is 29.6 Å². The summed E-state index contributed by atoms with van der Waals surface area (Å²) in [5.41, 5.74) is 2.34. The van der Waals surface area contributed by atoms with Gasteiger partial charge < -0.3 is 14.6 Å². The number of carbonyl (C=O) groups is 1. The molecule has 1 fully saturated rings. The van der Waals surface area contributed by atoms with E-state index in [0.29, 0.717) is 18.4 Å². The Kier molecular flexibility index (Phi) is 6.19. The van der Waals surface area contributed by atoms with E-state index >= 15 is 0 Å². The molecular weight excluding hydrogens is 348 g/mol. The average molecular weight is 375 g/mol. The standard InChI is InChI=1S/C19H26N4O2S/c1-13-8-14(2)10-16(9-13)25-11-17-21-22-19(23(17)3)26-12-18(24)20-15-6-4-5-7-15/h8-10,15H,4-7,11-12H2,1-3H3,(H,20,24). The third-order valence-corrected chi connectivity index (χ3v) is 5.56. The molecule has 3 rings (SSSR count). The molecule has 0 spiro atoms. The van der Waals surface area contributed by atoms with E-state index in [1.165, 1.54) is 35.7 Å². The number of rotatable bonds is 7. The average Bonchev–Trinajstić information content (AvgIpc) is 3.20. The second-order valence-electron chi connectivity index (χ2n) is 6.91. The molecule has 0 atom stereocenters. The van der Waals surface area contributed by atoms with Gasteiger partial charge in [0.15, 0.2) is 11.0 Å². The number of aryl methyl sites for hydroxylation is 2. The van der Waals surface area contributed by atoms with Crippen molar-refractivity contribution in [3.8, 4) is 5.75 Å². The molecule has 1 aliphatic rings. The van der Waals surface area contributed by atoms with Gasteiger partial charge in [0, 0.05) is 13.1 Å². The quantitative estimate of drug-likeness (QED) is 0.754. The number of ether oxygens (including phenoxy) is 1. The van der Waals surface area contributed by atoms with Gasteiger partial charge in [-0.1, -0.05) is 30.7 Å². The highest BCUT2D eigenvalue weighted by Crippen LogP contribution is 2.20. The van der Waals surface area contributed by atoms with Gasteiger partial charge in [-0.05, 0) is 49.9 Å². The summed E-state index contributed by atoms with van der Waals surface area (Å²) in [6, 6.07) is 6.48. The van der Waals surface area contributed by atoms with Crippen molar-refractivity contribution >= 4 is 17.7 Å². The lowest BCUT2D eigenvalue weighted by molar-refractivity contribution is -0.119. The first kappa shape index (κ1) is 18.8. The van der Waals surface area contributed by atoms with Crippen molar-refractivity contribution in [3.05, 3.63) is 35.2 Å². The fourth-order valence-corrected chi connectivity index (χ4v) is 3.97. The Bertz CT molecular complexity index is 749. The molecule has 1 amide bonds. The molecule has 1 heterocycles. The number of nitrogens with zero attached hydrogens (tertiary/aromatic N) is 3. The van der Waals surface area contributed by atoms with Crippen LogP contribution in [0.25, 0.3) is 0 Å². The molecule has 0 bridgehead atoms. The van der Waals surface area contributed by atoms with E-state index in [-0.39, 0.29) is 5.91 Å². The maximum atomic E-state index is 12.1. The van der Waals surface area contributed by atoms with Crippen molar-refractivity contribution < 1.29 is 9.53 Å². The first-order valence-corrected chi connectivity index (χ1v) is 10.0. The van der Waals surface area contributed by atoms with Crippen LogP contribution in [0, 0.1) is 13.8 Å². The number of aromatic nitrogens is 3. The van der Waals surface area contributed by atoms with Gasteiger partial charge in [0.05, 0.1) is 5.75 Å². The third kappa shape index (κ3) is 5.00. The molecule has 140 valence electrons. The molecule has 1 aromatic carbocycles. The predicted octanol–water partition coefficient (Wildman–Crippen LogP) is 3.16. The smallest absolute Gasteiger partial charge is 0.230 e. The third-order valence-electron chi connectivity index (χ3n) is 4.54. The zero-order valence-electron chi connectivity index (χ0n) is 15.6. The fourth-order valence-electron chi connectivity index (χ4n) is 3.23. The number of hydrogen-bond donors (Lipinski definition) is 1. The van der Waals surface area contributed by atoms with E-state index < -0.39 is 0 Å². The molecule has 0 unspecified atom stereocenters. The van der Waals surface area contributed by atoms with Crippen molar-refractivity contribution in [2.24, 2.45) is 7.05 Å². The summed E-state index contributed by atoms with van der Waals surface area (Å²) in [7, 11) is 1.90. The molecule has 7 heteroatoms. The summed E-state index contributed by atoms with van der Waals surface area (Å²) < 4.78 is 7.74. The minimum atomic E-state index is 0.0675. The van der Waals surface area contributed by atoms with Crippen molar-refractivity contribution in [2.45, 2.75) is 57.3 Å². The van der Waals surface area contributed by atoms with Gasteiger partial charge in [0.25, 0.3) is 0 Å². The summed E-state index contributed by atoms with van der Waals surface area (Å²) in [5, 5.41) is 12.2. The second-order valence-corrected chi connectivity index (χ2v) is 7.85. The van der Waals surface area contributed by atoms with E-state index in [1.54, 1.807) is 0 Å². The van der Waals surface area contributed by atoms with Crippen molar-refractivity contribution in [1.29, 1.82) is 0 Å². The maximum absolute atomic E-state index is 12.1. The summed E-state index contributed by atoms with van der Waals surface area (Å²) in [5.74, 6) is 2.00. The number of thioether (sulfide) groups is 1. The molecule has 1 aliphatic carbocycles. The van der Waals surface area contributed by atoms with Crippen LogP contribution in [-0.2, 0) is 18.4 Å². The van der Waals surface area contributed by atoms with E-state index in [9.17, 15) is 4.79 Å². The lowest BCUT2D eigenvalue weighted by Gasteiger charge is -2.11. The normalized spacial score (nSPS) is 14.6. The van der Waals surface area contributed by atoms with E-state index in [1.807, 2.05) is 37.6 Å². The predicted molar refractivity (Wildman–Crippen MR) is 102 cm³/mol. The molecule has 0 aliphatic heterocycles. The highest BCUT2D eigenvalue weighted by molar-refractivity contribution is 7.99. The number of amides is 1. The van der Waals surface area contributed by atoms with E-state index in [2.05, 4.69) is 21.6 Å². The molecule has 0 saturated heterocycles. The minimum Gasteiger partial charge on any atom is -0.486 e. The largest absolute Gasteiger partial charge is 0.486 e. The van der Waals surface area contributed by atoms with Crippen LogP contribution in [0.5, 0.6) is 5.75 Å². The lowest BCUT2D eigenvalue weighted by atomic mass is 10.1. The number of benzene rings is 1. The first-order valence-electron chi connectivity index (χ1n) is 9.03. The molecular formula is C19H26N4O2S. The zero-order chi connectivity index (χ0) is 18.5. The van der Waals surface area contributed by atoms with Crippen LogP contribution in [0.15, 0.2) is 23.4 Å². The molecule has 2 aromatic rings. The highest BCUT2D eigenvalue weighted by atomic mass is 32.2. The summed E-state index contributed by atoms with van der Waals surface area (Å²) >= 11 is 1.41. The molecule has 6 nitrogen and oxygen atoms in total. The molecule has 26 heavy (non-hydrogen) atoms. The van der Waals surface area contributed by atoms with Gasteiger partial charge in [-0.25, -0.2) is 0 Å². The second kappa shape index (κ2) is 8.58. The van der Waals surface area contributed by atoms with Gasteiger partial charge in [0.1, 0.15) is 12.4 Å². The van der Waals surface area contributed by atoms with Crippen LogP contribution in [0.3, 0.4) is 0 Å². The van der Waals surface area contributed by atoms with Crippen LogP contribution >= 0.6 is 11.8 Å². The Balaban J connectivity index is 1.51. The Labute approximate surface area is 158 Å². The monoisotopic (exact) mass is 374 g/mol. The Morgan fingerprint density at radius 3 is 2.62 bits per heavy atom. The van der Waals surface area contributed by atoms with Gasteiger partial charge in [-0.15, -0.1) is 10.2 Å². The van der Waals surface area contributed by atoms with Gasteiger partial charge in [0.2, 0.25) is 5.91 Å². The number of nitrogens with one attached hydrogen (secondary N) is 1. The molecule has 1 aromatic heterocycles. The number of carbonyl (C=O) groups excluding carboxylic acids is 1. The van der Waals surface area contributed by atoms with Gasteiger partial charge >= 0.3 is 0 Å². The summed E-state index contributed by atoms with van der Waals surface area (Å²) in [6.45, 7) is 4.45. The van der Waals surface area contributed by atoms with Crippen molar-refractivity contribution in [2.75, 3.05) is 5.75 Å². The SMILES string of the molecule is Cc1cc(C)cc(OCc2nnc(SCC(=O)NC3CCCC3)n2C)c1. The summed E-state index contributed by atoms with van der Waals surface area (Å²) in [6.07, 6.45) is 4.62. The minimum absolute atomic E-state index is 0.0675. The molecule has 0 radical (unpaired) electrons. The topological polar surface area (TPSA) is 69.0 Å². The van der Waals surface area contributed by atoms with Crippen LogP contribution in [0.2, 0.25) is 0 Å². The lowest BCUT2D eigenvalue weighted by Crippen LogP contribution is -2.33. The van der Waals surface area contributed by atoms with Crippen LogP contribution in [0.4, 0.5) is 0 Å². The van der Waals surface area contributed by atoms with Crippen molar-refractivity contribution in [1.82, 2.24) is 20.1 Å². The Morgan fingerprint density at radius 1 is 1.23 bits per heavy atom. The molecule has 1 N–H and O–H groups in total. The maximum Gasteiger partial charge on any atom is 0.230 e. The first-order chi connectivity index (χ1) is 12.5. The molecule has 1 saturated carbocycles. The van der Waals surface area contributed by atoms with Gasteiger partial charge in [-0.2, -0.15) is 0 Å². The Hall–Kier alpha value is -2.02. The zero-order valence-corrected chi connectivity index (χ0v) is 16.4. The van der Waals surface area contributed by atoms with Gasteiger partial charge in [-0.3, -0.25) is 4.79 Å². The fraction of sp³-hybridized carbons (Fsp3) is 0.526. The number of hydrogen-bond acceptors (Lipinski definition) is 5. The van der Waals surface area contributed by atoms with E-state index in [4.69, 9.17) is 4.74 Å². The van der Waals surface area contributed by atoms with Crippen molar-refractivity contribution in [3.63, 3.8) is 0 Å². The van der Waals surface area contributed by atoms with Crippen LogP contribution in [0.1, 0.15) is 42.6 Å². The Morgan fingerprint density at radius 2 is 1.92 bits per heavy atom. The highest BCUT2D eigenvalue weighted by Gasteiger charge is 2.18. The summed E-state index contributed by atoms with van der Waals surface area (Å²) in [4.78, 5) is 12.1. The van der Waals surface area contributed by atoms with Crippen LogP contribution in [-0.4, -0.2) is 32.5 Å².